The Labute approximate surface area is 195 Å². The number of ether oxygens (including phenoxy) is 4. The van der Waals surface area contributed by atoms with Crippen LogP contribution in [-0.2, 0) is 10.9 Å². The number of benzene rings is 1. The molecule has 2 heterocycles. The van der Waals surface area contributed by atoms with E-state index >= 15 is 0 Å². The van der Waals surface area contributed by atoms with Crippen molar-refractivity contribution in [2.45, 2.75) is 30.2 Å². The molecule has 8 nitrogen and oxygen atoms in total. The molecule has 1 aromatic carbocycles. The lowest BCUT2D eigenvalue weighted by atomic mass is 9.92. The number of hydrogen-bond acceptors (Lipinski definition) is 7. The van der Waals surface area contributed by atoms with Gasteiger partial charge in [0.2, 0.25) is 10.6 Å². The van der Waals surface area contributed by atoms with E-state index in [1.807, 2.05) is 6.26 Å². The Hall–Kier alpha value is -3.07. The summed E-state index contributed by atoms with van der Waals surface area (Å²) in [6.45, 7) is 0.325. The van der Waals surface area contributed by atoms with Gasteiger partial charge in [0.1, 0.15) is 30.0 Å². The number of hydrogen-bond donors (Lipinski definition) is 0. The Morgan fingerprint density at radius 3 is 2.42 bits per heavy atom. The third kappa shape index (κ3) is 4.29. The minimum absolute atomic E-state index is 0.113. The fraction of sp³-hybridized carbons (Fsp3) is 0.417. The Kier molecular flexibility index (Phi) is 6.88. The van der Waals surface area contributed by atoms with Gasteiger partial charge >= 0.3 is 5.56 Å². The van der Waals surface area contributed by atoms with E-state index in [0.29, 0.717) is 51.3 Å². The van der Waals surface area contributed by atoms with Crippen LogP contribution in [0.25, 0.3) is 11.0 Å². The largest absolute Gasteiger partial charge is 0.868 e. The van der Waals surface area contributed by atoms with Crippen molar-refractivity contribution in [1.29, 1.82) is 0 Å². The number of fused-ring (bicyclic) bond motifs is 1. The Morgan fingerprint density at radius 1 is 1.15 bits per heavy atom. The molecule has 0 N–H and O–H groups in total. The Bertz CT molecular complexity index is 1180. The van der Waals surface area contributed by atoms with E-state index < -0.39 is 10.9 Å². The molecule has 1 aliphatic carbocycles. The van der Waals surface area contributed by atoms with Gasteiger partial charge in [-0.3, -0.25) is 9.36 Å². The van der Waals surface area contributed by atoms with E-state index in [-0.39, 0.29) is 17.4 Å². The molecule has 0 spiro atoms. The lowest BCUT2D eigenvalue weighted by Gasteiger charge is -2.30. The van der Waals surface area contributed by atoms with Crippen LogP contribution in [0.2, 0.25) is 0 Å². The smallest absolute Gasteiger partial charge is 0.307 e. The Morgan fingerprint density at radius 2 is 1.85 bits per heavy atom. The average Bonchev–Trinajstić information content (AvgIpc) is 2.79. The topological polar surface area (TPSA) is 94.9 Å². The average molecular weight is 473 g/mol. The molecule has 33 heavy (non-hydrogen) atoms. The molecule has 1 unspecified atom stereocenters. The third-order valence-electron chi connectivity index (χ3n) is 5.96. The van der Waals surface area contributed by atoms with Gasteiger partial charge in [-0.25, -0.2) is 4.98 Å². The number of rotatable bonds is 9. The summed E-state index contributed by atoms with van der Waals surface area (Å²) in [6, 6.07) is 7.05. The van der Waals surface area contributed by atoms with Gasteiger partial charge < -0.3 is 24.1 Å². The van der Waals surface area contributed by atoms with Crippen molar-refractivity contribution >= 4 is 21.9 Å². The SMILES string of the molecule is COc1cc(OCC[S+](C)c2c([O-])c3cccnc3n(C3CCC3)c2=O)cc(OC)c1OC. The quantitative estimate of drug-likeness (QED) is 0.442. The van der Waals surface area contributed by atoms with Gasteiger partial charge in [0, 0.05) is 40.7 Å². The predicted octanol–water partition coefficient (Wildman–Crippen LogP) is 2.91. The van der Waals surface area contributed by atoms with Crippen LogP contribution in [-0.4, -0.2) is 49.5 Å². The van der Waals surface area contributed by atoms with E-state index in [1.165, 1.54) is 0 Å². The van der Waals surface area contributed by atoms with Crippen LogP contribution in [0.3, 0.4) is 0 Å². The maximum absolute atomic E-state index is 13.4. The fourth-order valence-electron chi connectivity index (χ4n) is 4.01. The maximum Gasteiger partial charge on any atom is 0.307 e. The zero-order valence-electron chi connectivity index (χ0n) is 19.3. The van der Waals surface area contributed by atoms with Gasteiger partial charge in [0.25, 0.3) is 0 Å². The highest BCUT2D eigenvalue weighted by Gasteiger charge is 2.30. The van der Waals surface area contributed by atoms with E-state index in [4.69, 9.17) is 18.9 Å². The lowest BCUT2D eigenvalue weighted by Crippen LogP contribution is -2.34. The molecule has 0 radical (unpaired) electrons. The predicted molar refractivity (Wildman–Crippen MR) is 126 cm³/mol. The van der Waals surface area contributed by atoms with Crippen molar-refractivity contribution in [3.05, 3.63) is 40.8 Å². The molecule has 9 heteroatoms. The first-order chi connectivity index (χ1) is 16.0. The van der Waals surface area contributed by atoms with Crippen molar-refractivity contribution < 1.29 is 24.1 Å². The highest BCUT2D eigenvalue weighted by atomic mass is 32.2. The molecule has 1 aliphatic rings. The molecule has 1 atom stereocenters. The monoisotopic (exact) mass is 472 g/mol. The lowest BCUT2D eigenvalue weighted by molar-refractivity contribution is -0.270. The molecule has 4 rings (SSSR count). The Balaban J connectivity index is 1.58. The van der Waals surface area contributed by atoms with Crippen LogP contribution in [0.4, 0.5) is 0 Å². The number of aromatic nitrogens is 2. The molecule has 1 fully saturated rings. The second-order valence-corrected chi connectivity index (χ2v) is 9.93. The number of nitrogens with zero attached hydrogens (tertiary/aromatic N) is 2. The summed E-state index contributed by atoms with van der Waals surface area (Å²) in [5, 5.41) is 13.7. The molecular formula is C24H28N2O6S. The maximum atomic E-state index is 13.4. The molecule has 0 aliphatic heterocycles. The zero-order valence-corrected chi connectivity index (χ0v) is 20.1. The van der Waals surface area contributed by atoms with Crippen molar-refractivity contribution in [2.75, 3.05) is 39.9 Å². The van der Waals surface area contributed by atoms with E-state index in [2.05, 4.69) is 4.98 Å². The molecule has 0 saturated heterocycles. The highest BCUT2D eigenvalue weighted by Crippen LogP contribution is 2.41. The normalized spacial score (nSPS) is 14.5. The third-order valence-corrected chi connectivity index (χ3v) is 7.80. The highest BCUT2D eigenvalue weighted by molar-refractivity contribution is 7.96. The van der Waals surface area contributed by atoms with Crippen molar-refractivity contribution in [3.63, 3.8) is 0 Å². The molecule has 2 aromatic heterocycles. The van der Waals surface area contributed by atoms with Gasteiger partial charge in [-0.15, -0.1) is 0 Å². The second-order valence-electron chi connectivity index (χ2n) is 7.84. The van der Waals surface area contributed by atoms with Crippen LogP contribution in [0, 0.1) is 0 Å². The standard InChI is InChI=1S/C24H28N2O6S/c1-29-18-13-16(14-19(30-2)21(18)31-3)32-11-12-33(4)22-20(27)17-9-6-10-25-23(17)26(24(22)28)15-7-5-8-15/h6,9-10,13-15H,5,7-8,11-12H2,1-4H3. The molecular weight excluding hydrogens is 444 g/mol. The van der Waals surface area contributed by atoms with Gasteiger partial charge in [-0.05, 0) is 31.1 Å². The summed E-state index contributed by atoms with van der Waals surface area (Å²) in [5.74, 6) is 2.33. The van der Waals surface area contributed by atoms with E-state index in [9.17, 15) is 9.90 Å². The summed E-state index contributed by atoms with van der Waals surface area (Å²) in [6.07, 6.45) is 6.51. The molecule has 0 bridgehead atoms. The summed E-state index contributed by atoms with van der Waals surface area (Å²) in [7, 11) is 4.03. The first-order valence-corrected chi connectivity index (χ1v) is 12.6. The fourth-order valence-corrected chi connectivity index (χ4v) is 5.37. The number of methoxy groups -OCH3 is 3. The van der Waals surface area contributed by atoms with Gasteiger partial charge in [-0.2, -0.15) is 0 Å². The van der Waals surface area contributed by atoms with Crippen molar-refractivity contribution in [1.82, 2.24) is 9.55 Å². The number of pyridine rings is 2. The van der Waals surface area contributed by atoms with Crippen LogP contribution >= 0.6 is 0 Å². The minimum atomic E-state index is -0.597. The van der Waals surface area contributed by atoms with Crippen LogP contribution in [0.5, 0.6) is 28.7 Å². The van der Waals surface area contributed by atoms with Gasteiger partial charge in [0.05, 0.1) is 21.3 Å². The summed E-state index contributed by atoms with van der Waals surface area (Å²) < 4.78 is 23.7. The van der Waals surface area contributed by atoms with E-state index in [0.717, 1.165) is 19.3 Å². The van der Waals surface area contributed by atoms with Crippen molar-refractivity contribution in [3.8, 4) is 28.7 Å². The summed E-state index contributed by atoms with van der Waals surface area (Å²) >= 11 is 0. The first-order valence-electron chi connectivity index (χ1n) is 10.8. The molecule has 0 amide bonds. The van der Waals surface area contributed by atoms with Crippen LogP contribution < -0.4 is 29.6 Å². The van der Waals surface area contributed by atoms with Crippen molar-refractivity contribution in [2.24, 2.45) is 0 Å². The van der Waals surface area contributed by atoms with Gasteiger partial charge in [-0.1, -0.05) is 6.07 Å². The van der Waals surface area contributed by atoms with E-state index in [1.54, 1.807) is 56.4 Å². The molecule has 1 saturated carbocycles. The first kappa shape index (κ1) is 23.1. The van der Waals surface area contributed by atoms with Crippen LogP contribution in [0.15, 0.2) is 40.2 Å². The zero-order chi connectivity index (χ0) is 23.5. The van der Waals surface area contributed by atoms with Gasteiger partial charge in [0.15, 0.2) is 11.5 Å². The second kappa shape index (κ2) is 9.82. The minimum Gasteiger partial charge on any atom is -0.868 e. The summed E-state index contributed by atoms with van der Waals surface area (Å²) in [5.41, 5.74) is 0.279. The summed E-state index contributed by atoms with van der Waals surface area (Å²) in [4.78, 5) is 18.1. The molecule has 176 valence electrons. The molecule has 3 aromatic rings. The van der Waals surface area contributed by atoms with Crippen LogP contribution in [0.1, 0.15) is 25.3 Å².